The first kappa shape index (κ1) is 13.5. The van der Waals surface area contributed by atoms with Crippen molar-refractivity contribution in [2.75, 3.05) is 19.6 Å². The number of hydrogen-bond acceptors (Lipinski definition) is 2. The first-order chi connectivity index (χ1) is 7.76. The van der Waals surface area contributed by atoms with Gasteiger partial charge in [0.15, 0.2) is 0 Å². The van der Waals surface area contributed by atoms with Gasteiger partial charge in [0.2, 0.25) is 5.91 Å². The molecule has 0 spiro atoms. The van der Waals surface area contributed by atoms with E-state index in [-0.39, 0.29) is 5.91 Å². The minimum atomic E-state index is 0.237. The number of carbonyl (C=O) groups is 1. The Labute approximate surface area is 99.4 Å². The first-order valence-corrected chi connectivity index (χ1v) is 6.73. The van der Waals surface area contributed by atoms with Gasteiger partial charge in [-0.2, -0.15) is 0 Å². The summed E-state index contributed by atoms with van der Waals surface area (Å²) in [6.07, 6.45) is 5.65. The maximum atomic E-state index is 11.6. The molecule has 1 atom stereocenters. The summed E-state index contributed by atoms with van der Waals surface area (Å²) in [6.45, 7) is 7.33. The fraction of sp³-hybridized carbons (Fsp3) is 0.923. The third kappa shape index (κ3) is 4.97. The largest absolute Gasteiger partial charge is 0.356 e. The Morgan fingerprint density at radius 1 is 1.44 bits per heavy atom. The maximum absolute atomic E-state index is 11.6. The van der Waals surface area contributed by atoms with E-state index in [9.17, 15) is 4.79 Å². The Morgan fingerprint density at radius 2 is 2.19 bits per heavy atom. The zero-order valence-corrected chi connectivity index (χ0v) is 10.7. The van der Waals surface area contributed by atoms with Crippen LogP contribution in [0.3, 0.4) is 0 Å². The molecule has 94 valence electrons. The highest BCUT2D eigenvalue weighted by Gasteiger charge is 2.20. The van der Waals surface area contributed by atoms with Crippen molar-refractivity contribution in [1.29, 1.82) is 0 Å². The van der Waals surface area contributed by atoms with Crippen LogP contribution in [0.4, 0.5) is 0 Å². The Kier molecular flexibility index (Phi) is 6.46. The molecule has 0 aromatic rings. The van der Waals surface area contributed by atoms with E-state index in [0.29, 0.717) is 18.3 Å². The van der Waals surface area contributed by atoms with Crippen molar-refractivity contribution >= 4 is 5.91 Å². The van der Waals surface area contributed by atoms with E-state index in [1.807, 2.05) is 0 Å². The number of rotatable bonds is 8. The minimum absolute atomic E-state index is 0.237. The predicted octanol–water partition coefficient (Wildman–Crippen LogP) is 1.93. The van der Waals surface area contributed by atoms with Gasteiger partial charge in [-0.15, -0.1) is 0 Å². The summed E-state index contributed by atoms with van der Waals surface area (Å²) in [4.78, 5) is 11.6. The second kappa shape index (κ2) is 7.66. The molecular formula is C13H26N2O. The Bertz CT molecular complexity index is 202. The molecule has 0 aromatic carbocycles. The van der Waals surface area contributed by atoms with Crippen molar-refractivity contribution in [3.05, 3.63) is 0 Å². The molecule has 1 rings (SSSR count). The van der Waals surface area contributed by atoms with Crippen molar-refractivity contribution in [3.8, 4) is 0 Å². The highest BCUT2D eigenvalue weighted by molar-refractivity contribution is 5.76. The molecule has 1 heterocycles. The van der Waals surface area contributed by atoms with Crippen LogP contribution in [-0.4, -0.2) is 25.5 Å². The molecule has 3 heteroatoms. The third-order valence-corrected chi connectivity index (χ3v) is 3.47. The van der Waals surface area contributed by atoms with Crippen LogP contribution in [-0.2, 0) is 4.79 Å². The predicted molar refractivity (Wildman–Crippen MR) is 67.3 cm³/mol. The molecule has 0 saturated carbocycles. The van der Waals surface area contributed by atoms with Crippen LogP contribution >= 0.6 is 0 Å². The molecule has 0 aromatic heterocycles. The molecule has 0 aliphatic carbocycles. The Balaban J connectivity index is 2.07. The number of nitrogens with one attached hydrogen (secondary N) is 2. The standard InChI is InChI=1S/C13H26N2O/c1-3-5-6-11(4-2)10-15-13(16)7-12-8-14-9-12/h11-12,14H,3-10H2,1-2H3,(H,15,16). The molecule has 0 bridgehead atoms. The number of unbranched alkanes of at least 4 members (excludes halogenated alkanes) is 1. The van der Waals surface area contributed by atoms with Gasteiger partial charge >= 0.3 is 0 Å². The van der Waals surface area contributed by atoms with Gasteiger partial charge in [0.05, 0.1) is 0 Å². The fourth-order valence-corrected chi connectivity index (χ4v) is 2.03. The summed E-state index contributed by atoms with van der Waals surface area (Å²) >= 11 is 0. The van der Waals surface area contributed by atoms with Gasteiger partial charge in [0.1, 0.15) is 0 Å². The molecule has 3 nitrogen and oxygen atoms in total. The second-order valence-corrected chi connectivity index (χ2v) is 4.95. The van der Waals surface area contributed by atoms with E-state index in [1.54, 1.807) is 0 Å². The number of amides is 1. The van der Waals surface area contributed by atoms with Crippen molar-refractivity contribution in [2.24, 2.45) is 11.8 Å². The van der Waals surface area contributed by atoms with Gasteiger partial charge in [-0.1, -0.05) is 33.1 Å². The van der Waals surface area contributed by atoms with Crippen LogP contribution in [0.1, 0.15) is 46.0 Å². The number of carbonyl (C=O) groups excluding carboxylic acids is 1. The lowest BCUT2D eigenvalue weighted by atomic mass is 9.97. The van der Waals surface area contributed by atoms with Crippen molar-refractivity contribution < 1.29 is 4.79 Å². The summed E-state index contributed by atoms with van der Waals surface area (Å²) in [7, 11) is 0. The van der Waals surface area contributed by atoms with E-state index in [1.165, 1.54) is 25.7 Å². The molecule has 1 amide bonds. The molecular weight excluding hydrogens is 200 g/mol. The van der Waals surface area contributed by atoms with Crippen LogP contribution in [0.15, 0.2) is 0 Å². The molecule has 1 saturated heterocycles. The first-order valence-electron chi connectivity index (χ1n) is 6.73. The lowest BCUT2D eigenvalue weighted by Crippen LogP contribution is -2.44. The van der Waals surface area contributed by atoms with E-state index in [0.717, 1.165) is 19.6 Å². The molecule has 2 N–H and O–H groups in total. The van der Waals surface area contributed by atoms with Gasteiger partial charge in [-0.05, 0) is 31.3 Å². The smallest absolute Gasteiger partial charge is 0.220 e. The van der Waals surface area contributed by atoms with Gasteiger partial charge < -0.3 is 10.6 Å². The summed E-state index contributed by atoms with van der Waals surface area (Å²) in [5, 5.41) is 6.27. The van der Waals surface area contributed by atoms with E-state index in [4.69, 9.17) is 0 Å². The van der Waals surface area contributed by atoms with Gasteiger partial charge in [0.25, 0.3) is 0 Å². The highest BCUT2D eigenvalue weighted by atomic mass is 16.1. The van der Waals surface area contributed by atoms with Crippen LogP contribution in [0, 0.1) is 11.8 Å². The molecule has 1 unspecified atom stereocenters. The summed E-state index contributed by atoms with van der Waals surface area (Å²) in [5.74, 6) is 1.49. The molecule has 0 radical (unpaired) electrons. The van der Waals surface area contributed by atoms with Crippen LogP contribution in [0.5, 0.6) is 0 Å². The van der Waals surface area contributed by atoms with Crippen LogP contribution in [0.2, 0.25) is 0 Å². The lowest BCUT2D eigenvalue weighted by Gasteiger charge is -2.26. The molecule has 1 fully saturated rings. The SMILES string of the molecule is CCCCC(CC)CNC(=O)CC1CNC1. The van der Waals surface area contributed by atoms with Crippen LogP contribution < -0.4 is 10.6 Å². The highest BCUT2D eigenvalue weighted by Crippen LogP contribution is 2.12. The van der Waals surface area contributed by atoms with Gasteiger partial charge in [-0.25, -0.2) is 0 Å². The fourth-order valence-electron chi connectivity index (χ4n) is 2.03. The Morgan fingerprint density at radius 3 is 2.69 bits per heavy atom. The second-order valence-electron chi connectivity index (χ2n) is 4.95. The third-order valence-electron chi connectivity index (χ3n) is 3.47. The average molecular weight is 226 g/mol. The van der Waals surface area contributed by atoms with E-state index >= 15 is 0 Å². The summed E-state index contributed by atoms with van der Waals surface area (Å²) < 4.78 is 0. The molecule has 1 aliphatic heterocycles. The van der Waals surface area contributed by atoms with Crippen molar-refractivity contribution in [2.45, 2.75) is 46.0 Å². The van der Waals surface area contributed by atoms with E-state index < -0.39 is 0 Å². The van der Waals surface area contributed by atoms with E-state index in [2.05, 4.69) is 24.5 Å². The monoisotopic (exact) mass is 226 g/mol. The normalized spacial score (nSPS) is 17.9. The zero-order valence-electron chi connectivity index (χ0n) is 10.7. The zero-order chi connectivity index (χ0) is 11.8. The molecule has 16 heavy (non-hydrogen) atoms. The minimum Gasteiger partial charge on any atom is -0.356 e. The number of hydrogen-bond donors (Lipinski definition) is 2. The summed E-state index contributed by atoms with van der Waals surface area (Å²) in [6, 6.07) is 0. The van der Waals surface area contributed by atoms with Crippen LogP contribution in [0.25, 0.3) is 0 Å². The summed E-state index contributed by atoms with van der Waals surface area (Å²) in [5.41, 5.74) is 0. The quantitative estimate of drug-likeness (QED) is 0.664. The van der Waals surface area contributed by atoms with Gasteiger partial charge in [-0.3, -0.25) is 4.79 Å². The average Bonchev–Trinajstić information content (AvgIpc) is 2.24. The van der Waals surface area contributed by atoms with Crippen molar-refractivity contribution in [3.63, 3.8) is 0 Å². The van der Waals surface area contributed by atoms with Crippen molar-refractivity contribution in [1.82, 2.24) is 10.6 Å². The molecule has 1 aliphatic rings. The maximum Gasteiger partial charge on any atom is 0.220 e. The topological polar surface area (TPSA) is 41.1 Å². The lowest BCUT2D eigenvalue weighted by molar-refractivity contribution is -0.122. The van der Waals surface area contributed by atoms with Gasteiger partial charge in [0, 0.05) is 13.0 Å². The Hall–Kier alpha value is -0.570.